The van der Waals surface area contributed by atoms with E-state index in [0.717, 1.165) is 0 Å². The largest absolute Gasteiger partial charge is 0.417 e. The van der Waals surface area contributed by atoms with Crippen molar-refractivity contribution < 1.29 is 17.6 Å². The zero-order valence-electron chi connectivity index (χ0n) is 8.06. The highest BCUT2D eigenvalue weighted by Gasteiger charge is 2.32. The molecule has 1 atom stereocenters. The lowest BCUT2D eigenvalue weighted by Crippen LogP contribution is -2.09. The predicted octanol–water partition coefficient (Wildman–Crippen LogP) is 3.11. The van der Waals surface area contributed by atoms with Crippen LogP contribution in [0.5, 0.6) is 0 Å². The minimum atomic E-state index is -4.56. The minimum absolute atomic E-state index is 0.0216. The fourth-order valence-corrected chi connectivity index (χ4v) is 1.36. The number of rotatable bonds is 3. The van der Waals surface area contributed by atoms with Gasteiger partial charge < -0.3 is 5.73 Å². The normalized spacial score (nSPS) is 13.9. The highest BCUT2D eigenvalue weighted by atomic mass is 35.5. The Kier molecular flexibility index (Phi) is 4.09. The van der Waals surface area contributed by atoms with Crippen LogP contribution in [0.1, 0.15) is 23.7 Å². The highest BCUT2D eigenvalue weighted by molar-refractivity contribution is 6.30. The molecule has 0 aliphatic rings. The van der Waals surface area contributed by atoms with E-state index in [4.69, 9.17) is 17.3 Å². The highest BCUT2D eigenvalue weighted by Crippen LogP contribution is 2.34. The van der Waals surface area contributed by atoms with Crippen molar-refractivity contribution >= 4 is 11.6 Å². The Bertz CT molecular complexity index is 367. The maximum absolute atomic E-state index is 13.4. The topological polar surface area (TPSA) is 38.9 Å². The van der Waals surface area contributed by atoms with Gasteiger partial charge in [-0.15, -0.1) is 0 Å². The monoisotopic (exact) mass is 256 g/mol. The van der Waals surface area contributed by atoms with E-state index in [0.29, 0.717) is 12.3 Å². The van der Waals surface area contributed by atoms with Crippen LogP contribution in [0.3, 0.4) is 0 Å². The smallest absolute Gasteiger partial charge is 0.330 e. The molecule has 0 saturated heterocycles. The van der Waals surface area contributed by atoms with Gasteiger partial charge in [0.1, 0.15) is 11.3 Å². The summed E-state index contributed by atoms with van der Waals surface area (Å²) in [6.45, 7) is 0.0216. The Labute approximate surface area is 94.4 Å². The van der Waals surface area contributed by atoms with Gasteiger partial charge in [0.05, 0.1) is 5.56 Å². The predicted molar refractivity (Wildman–Crippen MR) is 51.8 cm³/mol. The van der Waals surface area contributed by atoms with Crippen LogP contribution in [0, 0.1) is 0 Å². The van der Waals surface area contributed by atoms with Gasteiger partial charge >= 0.3 is 6.18 Å². The number of nitrogens with two attached hydrogens (primary N) is 1. The molecule has 1 heterocycles. The van der Waals surface area contributed by atoms with Gasteiger partial charge in [0, 0.05) is 11.8 Å². The van der Waals surface area contributed by atoms with Crippen LogP contribution in [0.25, 0.3) is 0 Å². The van der Waals surface area contributed by atoms with Crippen molar-refractivity contribution in [3.05, 3.63) is 28.5 Å². The second-order valence-corrected chi connectivity index (χ2v) is 3.50. The van der Waals surface area contributed by atoms with E-state index in [-0.39, 0.29) is 23.7 Å². The van der Waals surface area contributed by atoms with Crippen LogP contribution in [-0.2, 0) is 6.18 Å². The molecule has 1 aromatic heterocycles. The summed E-state index contributed by atoms with van der Waals surface area (Å²) < 4.78 is 50.3. The summed E-state index contributed by atoms with van der Waals surface area (Å²) in [4.78, 5) is 3.31. The quantitative estimate of drug-likeness (QED) is 0.667. The zero-order chi connectivity index (χ0) is 12.3. The van der Waals surface area contributed by atoms with E-state index in [1.54, 1.807) is 0 Å². The third-order valence-corrected chi connectivity index (χ3v) is 2.27. The molecular formula is C9H9ClF4N2. The Morgan fingerprint density at radius 3 is 2.56 bits per heavy atom. The van der Waals surface area contributed by atoms with Crippen LogP contribution < -0.4 is 5.73 Å². The van der Waals surface area contributed by atoms with Crippen molar-refractivity contribution in [2.75, 3.05) is 6.54 Å². The van der Waals surface area contributed by atoms with E-state index in [1.165, 1.54) is 0 Å². The maximum Gasteiger partial charge on any atom is 0.417 e. The molecule has 0 spiro atoms. The van der Waals surface area contributed by atoms with Crippen molar-refractivity contribution in [2.24, 2.45) is 5.73 Å². The number of hydrogen-bond donors (Lipinski definition) is 1. The first-order valence-electron chi connectivity index (χ1n) is 4.43. The van der Waals surface area contributed by atoms with E-state index in [9.17, 15) is 17.6 Å². The lowest BCUT2D eigenvalue weighted by Gasteiger charge is -2.12. The average molecular weight is 257 g/mol. The van der Waals surface area contributed by atoms with Crippen LogP contribution in [0.2, 0.25) is 5.15 Å². The number of hydrogen-bond acceptors (Lipinski definition) is 2. The summed E-state index contributed by atoms with van der Waals surface area (Å²) in [5.41, 5.74) is 3.82. The SMILES string of the molecule is NCCC(F)c1cc(C(F)(F)F)cnc1Cl. The molecule has 1 unspecified atom stereocenters. The summed E-state index contributed by atoms with van der Waals surface area (Å²) in [5, 5.41) is -0.269. The van der Waals surface area contributed by atoms with E-state index in [1.807, 2.05) is 0 Å². The molecule has 0 aliphatic carbocycles. The van der Waals surface area contributed by atoms with E-state index < -0.39 is 17.9 Å². The van der Waals surface area contributed by atoms with Crippen molar-refractivity contribution in [3.8, 4) is 0 Å². The van der Waals surface area contributed by atoms with Crippen molar-refractivity contribution in [1.82, 2.24) is 4.98 Å². The second kappa shape index (κ2) is 4.97. The number of alkyl halides is 4. The maximum atomic E-state index is 13.4. The lowest BCUT2D eigenvalue weighted by atomic mass is 10.1. The Balaban J connectivity index is 3.09. The molecule has 1 rings (SSSR count). The van der Waals surface area contributed by atoms with Crippen LogP contribution in [-0.4, -0.2) is 11.5 Å². The first kappa shape index (κ1) is 13.2. The van der Waals surface area contributed by atoms with Gasteiger partial charge in [-0.1, -0.05) is 11.6 Å². The number of nitrogens with zero attached hydrogens (tertiary/aromatic N) is 1. The zero-order valence-corrected chi connectivity index (χ0v) is 8.82. The second-order valence-electron chi connectivity index (χ2n) is 3.15. The molecule has 0 aliphatic heterocycles. The Morgan fingerprint density at radius 1 is 1.44 bits per heavy atom. The average Bonchev–Trinajstić information content (AvgIpc) is 2.16. The van der Waals surface area contributed by atoms with Crippen LogP contribution in [0.4, 0.5) is 17.6 Å². The van der Waals surface area contributed by atoms with Gasteiger partial charge in [0.25, 0.3) is 0 Å². The van der Waals surface area contributed by atoms with Crippen LogP contribution in [0.15, 0.2) is 12.3 Å². The standard InChI is InChI=1S/C9H9ClF4N2/c10-8-6(7(11)1-2-15)3-5(4-16-8)9(12,13)14/h3-4,7H,1-2,15H2. The first-order chi connectivity index (χ1) is 7.36. The summed E-state index contributed by atoms with van der Waals surface area (Å²) in [5.74, 6) is 0. The Hall–Kier alpha value is -0.880. The third-order valence-electron chi connectivity index (χ3n) is 1.95. The molecule has 0 radical (unpaired) electrons. The lowest BCUT2D eigenvalue weighted by molar-refractivity contribution is -0.137. The number of aromatic nitrogens is 1. The van der Waals surface area contributed by atoms with Crippen molar-refractivity contribution in [1.29, 1.82) is 0 Å². The van der Waals surface area contributed by atoms with E-state index in [2.05, 4.69) is 4.98 Å². The van der Waals surface area contributed by atoms with Gasteiger partial charge in [-0.2, -0.15) is 13.2 Å². The molecule has 0 fully saturated rings. The fraction of sp³-hybridized carbons (Fsp3) is 0.444. The molecule has 16 heavy (non-hydrogen) atoms. The number of halogens is 5. The molecule has 0 saturated carbocycles. The molecule has 2 N–H and O–H groups in total. The minimum Gasteiger partial charge on any atom is -0.330 e. The van der Waals surface area contributed by atoms with Crippen molar-refractivity contribution in [3.63, 3.8) is 0 Å². The molecule has 90 valence electrons. The number of pyridine rings is 1. The summed E-state index contributed by atoms with van der Waals surface area (Å²) in [7, 11) is 0. The van der Waals surface area contributed by atoms with Gasteiger partial charge in [0.15, 0.2) is 0 Å². The molecule has 1 aromatic rings. The molecule has 0 aromatic carbocycles. The summed E-state index contributed by atoms with van der Waals surface area (Å²) in [6.07, 6.45) is -5.72. The summed E-state index contributed by atoms with van der Waals surface area (Å²) in [6, 6.07) is 0.662. The van der Waals surface area contributed by atoms with Gasteiger partial charge in [0.2, 0.25) is 0 Å². The van der Waals surface area contributed by atoms with Gasteiger partial charge in [-0.05, 0) is 19.0 Å². The van der Waals surface area contributed by atoms with Gasteiger partial charge in [-0.3, -0.25) is 0 Å². The van der Waals surface area contributed by atoms with Crippen molar-refractivity contribution in [2.45, 2.75) is 18.8 Å². The fourth-order valence-electron chi connectivity index (χ4n) is 1.14. The molecule has 7 heteroatoms. The molecule has 2 nitrogen and oxygen atoms in total. The van der Waals surface area contributed by atoms with E-state index >= 15 is 0 Å². The summed E-state index contributed by atoms with van der Waals surface area (Å²) >= 11 is 5.52. The van der Waals surface area contributed by atoms with Crippen LogP contribution >= 0.6 is 11.6 Å². The molecule has 0 bridgehead atoms. The first-order valence-corrected chi connectivity index (χ1v) is 4.81. The Morgan fingerprint density at radius 2 is 2.06 bits per heavy atom. The van der Waals surface area contributed by atoms with Gasteiger partial charge in [-0.25, -0.2) is 9.37 Å². The third kappa shape index (κ3) is 3.05. The molecule has 0 amide bonds. The molecular weight excluding hydrogens is 248 g/mol.